The number of nitrogens with two attached hydrogens (primary N) is 1. The summed E-state index contributed by atoms with van der Waals surface area (Å²) in [6.07, 6.45) is 0. The van der Waals surface area contributed by atoms with Gasteiger partial charge in [-0.3, -0.25) is 4.79 Å². The zero-order chi connectivity index (χ0) is 11.6. The highest BCUT2D eigenvalue weighted by Gasteiger charge is 2.19. The van der Waals surface area contributed by atoms with Crippen molar-refractivity contribution in [3.63, 3.8) is 0 Å². The zero-order valence-electron chi connectivity index (χ0n) is 7.90. The second kappa shape index (κ2) is 4.50. The number of carbonyl (C=O) groups is 1. The highest BCUT2D eigenvalue weighted by atomic mass is 79.9. The number of methoxy groups -OCH3 is 1. The van der Waals surface area contributed by atoms with E-state index in [9.17, 15) is 9.90 Å². The van der Waals surface area contributed by atoms with Gasteiger partial charge in [0.1, 0.15) is 6.04 Å². The van der Waals surface area contributed by atoms with E-state index in [1.807, 2.05) is 0 Å². The Balaban J connectivity index is 3.24. The van der Waals surface area contributed by atoms with Crippen molar-refractivity contribution in [2.45, 2.75) is 6.04 Å². The molecule has 5 nitrogen and oxygen atoms in total. The van der Waals surface area contributed by atoms with Crippen LogP contribution in [-0.2, 0) is 4.79 Å². The summed E-state index contributed by atoms with van der Waals surface area (Å²) < 4.78 is 5.28. The molecule has 0 aliphatic rings. The molecule has 0 saturated heterocycles. The van der Waals surface area contributed by atoms with Gasteiger partial charge in [-0.25, -0.2) is 0 Å². The fourth-order valence-corrected chi connectivity index (χ4v) is 1.67. The number of carboxylic acids is 1. The quantitative estimate of drug-likeness (QED) is 0.772. The normalized spacial score (nSPS) is 12.2. The number of hydrogen-bond donors (Lipinski definition) is 3. The molecule has 1 aromatic carbocycles. The first-order valence-corrected chi connectivity index (χ1v) is 4.81. The van der Waals surface area contributed by atoms with Gasteiger partial charge in [0, 0.05) is 4.47 Å². The molecule has 0 spiro atoms. The van der Waals surface area contributed by atoms with Crippen LogP contribution in [0.1, 0.15) is 11.6 Å². The number of aliphatic carboxylic acids is 1. The lowest BCUT2D eigenvalue weighted by atomic mass is 10.1. The summed E-state index contributed by atoms with van der Waals surface area (Å²) in [6.45, 7) is 0. The summed E-state index contributed by atoms with van der Waals surface area (Å²) in [5.74, 6) is -1.04. The van der Waals surface area contributed by atoms with E-state index >= 15 is 0 Å². The van der Waals surface area contributed by atoms with Crippen molar-refractivity contribution in [2.24, 2.45) is 5.73 Å². The molecule has 0 aliphatic heterocycles. The van der Waals surface area contributed by atoms with E-state index in [1.54, 1.807) is 0 Å². The predicted molar refractivity (Wildman–Crippen MR) is 56.9 cm³/mol. The summed E-state index contributed by atoms with van der Waals surface area (Å²) in [7, 11) is 1.37. The number of rotatable bonds is 3. The molecular weight excluding hydrogens is 266 g/mol. The fourth-order valence-electron chi connectivity index (χ4n) is 1.09. The lowest BCUT2D eigenvalue weighted by Crippen LogP contribution is -2.21. The second-order valence-corrected chi connectivity index (χ2v) is 3.72. The number of hydrogen-bond acceptors (Lipinski definition) is 4. The maximum atomic E-state index is 10.7. The van der Waals surface area contributed by atoms with Crippen molar-refractivity contribution in [1.29, 1.82) is 0 Å². The number of aromatic hydroxyl groups is 1. The minimum absolute atomic E-state index is 0.0780. The van der Waals surface area contributed by atoms with Crippen LogP contribution in [0.2, 0.25) is 0 Å². The highest BCUT2D eigenvalue weighted by molar-refractivity contribution is 9.10. The monoisotopic (exact) mass is 275 g/mol. The lowest BCUT2D eigenvalue weighted by Gasteiger charge is -2.12. The van der Waals surface area contributed by atoms with Gasteiger partial charge in [0.15, 0.2) is 11.5 Å². The number of phenolic OH excluding ortho intramolecular Hbond substituents is 1. The van der Waals surface area contributed by atoms with E-state index in [4.69, 9.17) is 15.6 Å². The second-order valence-electron chi connectivity index (χ2n) is 2.86. The molecule has 6 heteroatoms. The third-order valence-electron chi connectivity index (χ3n) is 1.90. The molecule has 82 valence electrons. The molecule has 0 unspecified atom stereocenters. The van der Waals surface area contributed by atoms with Gasteiger partial charge in [-0.15, -0.1) is 0 Å². The molecule has 0 fully saturated rings. The lowest BCUT2D eigenvalue weighted by molar-refractivity contribution is -0.138. The standard InChI is InChI=1S/C9H10BrNO4/c1-15-7-2-4(8(11)9(13)14)5(10)3-6(7)12/h2-3,8,12H,11H2,1H3,(H,13,14)/t8-/m0/s1. The first kappa shape index (κ1) is 11.8. The van der Waals surface area contributed by atoms with Crippen LogP contribution < -0.4 is 10.5 Å². The van der Waals surface area contributed by atoms with Gasteiger partial charge in [0.2, 0.25) is 0 Å². The van der Waals surface area contributed by atoms with Crippen LogP contribution in [0.25, 0.3) is 0 Å². The summed E-state index contributed by atoms with van der Waals surface area (Å²) >= 11 is 3.12. The fraction of sp³-hybridized carbons (Fsp3) is 0.222. The van der Waals surface area contributed by atoms with Crippen LogP contribution in [0.15, 0.2) is 16.6 Å². The Labute approximate surface area is 94.6 Å². The molecule has 1 atom stereocenters. The summed E-state index contributed by atoms with van der Waals surface area (Å²) in [5.41, 5.74) is 5.79. The van der Waals surface area contributed by atoms with Gasteiger partial charge in [0.25, 0.3) is 0 Å². The van der Waals surface area contributed by atoms with Gasteiger partial charge in [0.05, 0.1) is 7.11 Å². The Morgan fingerprint density at radius 1 is 1.60 bits per heavy atom. The molecular formula is C9H10BrNO4. The summed E-state index contributed by atoms with van der Waals surface area (Å²) in [4.78, 5) is 10.7. The van der Waals surface area contributed by atoms with Gasteiger partial charge in [-0.05, 0) is 17.7 Å². The van der Waals surface area contributed by atoms with Crippen LogP contribution in [-0.4, -0.2) is 23.3 Å². The van der Waals surface area contributed by atoms with E-state index in [0.717, 1.165) is 0 Å². The van der Waals surface area contributed by atoms with Crippen LogP contribution >= 0.6 is 15.9 Å². The molecule has 0 aliphatic carbocycles. The van der Waals surface area contributed by atoms with Crippen molar-refractivity contribution in [1.82, 2.24) is 0 Å². The molecule has 0 amide bonds. The van der Waals surface area contributed by atoms with Gasteiger partial charge in [-0.1, -0.05) is 15.9 Å². The summed E-state index contributed by atoms with van der Waals surface area (Å²) in [6, 6.07) is 1.57. The molecule has 0 radical (unpaired) electrons. The van der Waals surface area contributed by atoms with E-state index in [1.165, 1.54) is 19.2 Å². The maximum Gasteiger partial charge on any atom is 0.325 e. The Bertz CT molecular complexity index is 394. The average Bonchev–Trinajstić information content (AvgIpc) is 2.17. The minimum Gasteiger partial charge on any atom is -0.504 e. The molecule has 0 heterocycles. The molecule has 0 aromatic heterocycles. The van der Waals surface area contributed by atoms with E-state index in [-0.39, 0.29) is 11.5 Å². The largest absolute Gasteiger partial charge is 0.504 e. The Hall–Kier alpha value is -1.27. The van der Waals surface area contributed by atoms with Gasteiger partial charge >= 0.3 is 5.97 Å². The maximum absolute atomic E-state index is 10.7. The zero-order valence-corrected chi connectivity index (χ0v) is 9.48. The topological polar surface area (TPSA) is 92.8 Å². The third kappa shape index (κ3) is 2.40. The molecule has 0 saturated carbocycles. The molecule has 4 N–H and O–H groups in total. The molecule has 1 rings (SSSR count). The molecule has 0 bridgehead atoms. The van der Waals surface area contributed by atoms with E-state index < -0.39 is 12.0 Å². The SMILES string of the molecule is COc1cc([C@H](N)C(=O)O)c(Br)cc1O. The number of benzene rings is 1. The average molecular weight is 276 g/mol. The van der Waals surface area contributed by atoms with Crippen LogP contribution in [0.3, 0.4) is 0 Å². The van der Waals surface area contributed by atoms with Crippen LogP contribution in [0, 0.1) is 0 Å². The Morgan fingerprint density at radius 2 is 2.20 bits per heavy atom. The van der Waals surface area contributed by atoms with E-state index in [0.29, 0.717) is 10.0 Å². The first-order valence-electron chi connectivity index (χ1n) is 4.02. The van der Waals surface area contributed by atoms with Gasteiger partial charge < -0.3 is 20.7 Å². The first-order chi connectivity index (χ1) is 6.97. The van der Waals surface area contributed by atoms with Crippen LogP contribution in [0.4, 0.5) is 0 Å². The van der Waals surface area contributed by atoms with Crippen molar-refractivity contribution in [3.05, 3.63) is 22.2 Å². The molecule has 1 aromatic rings. The Morgan fingerprint density at radius 3 is 2.67 bits per heavy atom. The van der Waals surface area contributed by atoms with Crippen molar-refractivity contribution >= 4 is 21.9 Å². The van der Waals surface area contributed by atoms with Crippen molar-refractivity contribution < 1.29 is 19.7 Å². The third-order valence-corrected chi connectivity index (χ3v) is 2.59. The Kier molecular flexibility index (Phi) is 3.54. The number of ether oxygens (including phenoxy) is 1. The predicted octanol–water partition coefficient (Wildman–Crippen LogP) is 1.25. The molecule has 15 heavy (non-hydrogen) atoms. The highest BCUT2D eigenvalue weighted by Crippen LogP contribution is 2.34. The van der Waals surface area contributed by atoms with Gasteiger partial charge in [-0.2, -0.15) is 0 Å². The number of carboxylic acid groups (broad SMARTS) is 1. The van der Waals surface area contributed by atoms with Crippen molar-refractivity contribution in [3.8, 4) is 11.5 Å². The van der Waals surface area contributed by atoms with Crippen molar-refractivity contribution in [2.75, 3.05) is 7.11 Å². The smallest absolute Gasteiger partial charge is 0.325 e. The summed E-state index contributed by atoms with van der Waals surface area (Å²) in [5, 5.41) is 18.1. The number of halogens is 1. The minimum atomic E-state index is -1.16. The number of phenols is 1. The van der Waals surface area contributed by atoms with Crippen LogP contribution in [0.5, 0.6) is 11.5 Å². The van der Waals surface area contributed by atoms with E-state index in [2.05, 4.69) is 15.9 Å².